The molecule has 1 aliphatic rings. The van der Waals surface area contributed by atoms with Crippen LogP contribution < -0.4 is 10.5 Å². The number of rotatable bonds is 2. The summed E-state index contributed by atoms with van der Waals surface area (Å²) >= 11 is 0. The third-order valence-electron chi connectivity index (χ3n) is 3.09. The van der Waals surface area contributed by atoms with Crippen molar-refractivity contribution in [3.8, 4) is 5.75 Å². The van der Waals surface area contributed by atoms with Crippen LogP contribution in [0.3, 0.4) is 0 Å². The number of anilines is 1. The first-order valence-electron chi connectivity index (χ1n) is 7.19. The lowest BCUT2D eigenvalue weighted by molar-refractivity contribution is 0.00775. The van der Waals surface area contributed by atoms with Gasteiger partial charge < -0.3 is 20.1 Å². The summed E-state index contributed by atoms with van der Waals surface area (Å²) in [5.41, 5.74) is 5.15. The van der Waals surface area contributed by atoms with Crippen molar-refractivity contribution in [1.82, 2.24) is 9.88 Å². The number of nitrogen functional groups attached to an aromatic ring is 1. The fraction of sp³-hybridized carbons (Fsp3) is 0.600. The first kappa shape index (κ1) is 15.4. The number of ether oxygens (including phenoxy) is 2. The van der Waals surface area contributed by atoms with Gasteiger partial charge in [0.25, 0.3) is 0 Å². The fourth-order valence-electron chi connectivity index (χ4n) is 2.22. The molecule has 0 aromatic carbocycles. The summed E-state index contributed by atoms with van der Waals surface area (Å²) in [6.45, 7) is 6.82. The molecule has 1 amide bonds. The van der Waals surface area contributed by atoms with Crippen LogP contribution in [0.2, 0.25) is 0 Å². The van der Waals surface area contributed by atoms with Crippen LogP contribution in [0.5, 0.6) is 5.75 Å². The number of pyridine rings is 1. The molecule has 1 aromatic heterocycles. The molecule has 0 aliphatic carbocycles. The minimum Gasteiger partial charge on any atom is -0.488 e. The first-order valence-corrected chi connectivity index (χ1v) is 7.19. The Morgan fingerprint density at radius 1 is 1.48 bits per heavy atom. The van der Waals surface area contributed by atoms with E-state index in [0.29, 0.717) is 24.7 Å². The zero-order chi connectivity index (χ0) is 15.5. The highest BCUT2D eigenvalue weighted by Gasteiger charge is 2.28. The number of carbonyl (C=O) groups excluding carboxylic acids is 1. The summed E-state index contributed by atoms with van der Waals surface area (Å²) in [6, 6.07) is 3.45. The third kappa shape index (κ3) is 4.81. The van der Waals surface area contributed by atoms with Gasteiger partial charge in [-0.05, 0) is 39.7 Å². The Balaban J connectivity index is 1.93. The van der Waals surface area contributed by atoms with E-state index in [2.05, 4.69) is 4.98 Å². The molecule has 1 atom stereocenters. The lowest BCUT2D eigenvalue weighted by Crippen LogP contribution is -2.46. The summed E-state index contributed by atoms with van der Waals surface area (Å²) in [5.74, 6) is 1.10. The minimum absolute atomic E-state index is 0.0481. The Hall–Kier alpha value is -1.98. The number of carbonyl (C=O) groups is 1. The average Bonchev–Trinajstić information content (AvgIpc) is 2.37. The molecule has 21 heavy (non-hydrogen) atoms. The largest absolute Gasteiger partial charge is 0.488 e. The number of hydrogen-bond acceptors (Lipinski definition) is 5. The van der Waals surface area contributed by atoms with Crippen LogP contribution in [0.1, 0.15) is 33.6 Å². The van der Waals surface area contributed by atoms with Crippen LogP contribution in [0.4, 0.5) is 10.6 Å². The van der Waals surface area contributed by atoms with Crippen LogP contribution in [-0.4, -0.2) is 40.8 Å². The zero-order valence-corrected chi connectivity index (χ0v) is 12.8. The number of aromatic nitrogens is 1. The van der Waals surface area contributed by atoms with Crippen molar-refractivity contribution in [3.05, 3.63) is 18.3 Å². The van der Waals surface area contributed by atoms with Crippen LogP contribution in [-0.2, 0) is 4.74 Å². The van der Waals surface area contributed by atoms with E-state index in [0.717, 1.165) is 12.8 Å². The molecule has 116 valence electrons. The molecule has 0 saturated carbocycles. The lowest BCUT2D eigenvalue weighted by Gasteiger charge is -2.34. The lowest BCUT2D eigenvalue weighted by atomic mass is 10.1. The predicted molar refractivity (Wildman–Crippen MR) is 80.1 cm³/mol. The summed E-state index contributed by atoms with van der Waals surface area (Å²) in [5, 5.41) is 0. The van der Waals surface area contributed by atoms with Crippen LogP contribution in [0, 0.1) is 0 Å². The van der Waals surface area contributed by atoms with E-state index in [4.69, 9.17) is 15.2 Å². The molecule has 1 saturated heterocycles. The second-order valence-corrected chi connectivity index (χ2v) is 6.22. The highest BCUT2D eigenvalue weighted by atomic mass is 16.6. The standard InChI is InChI=1S/C15H23N3O3/c1-15(2,3)21-14(19)18-8-4-5-12(10-18)20-11-6-7-17-13(16)9-11/h6-7,9,12H,4-5,8,10H2,1-3H3,(H2,16,17). The number of likely N-dealkylation sites (tertiary alicyclic amines) is 1. The zero-order valence-electron chi connectivity index (χ0n) is 12.8. The highest BCUT2D eigenvalue weighted by molar-refractivity contribution is 5.68. The van der Waals surface area contributed by atoms with E-state index in [1.54, 1.807) is 23.2 Å². The average molecular weight is 293 g/mol. The van der Waals surface area contributed by atoms with Gasteiger partial charge in [-0.25, -0.2) is 9.78 Å². The highest BCUT2D eigenvalue weighted by Crippen LogP contribution is 2.20. The SMILES string of the molecule is CC(C)(C)OC(=O)N1CCCC(Oc2ccnc(N)c2)C1. The van der Waals surface area contributed by atoms with Gasteiger partial charge in [0.15, 0.2) is 0 Å². The molecular weight excluding hydrogens is 270 g/mol. The van der Waals surface area contributed by atoms with E-state index in [1.807, 2.05) is 20.8 Å². The summed E-state index contributed by atoms with van der Waals surface area (Å²) in [6.07, 6.45) is 3.07. The number of hydrogen-bond donors (Lipinski definition) is 1. The number of amides is 1. The first-order chi connectivity index (χ1) is 9.83. The van der Waals surface area contributed by atoms with Crippen molar-refractivity contribution in [3.63, 3.8) is 0 Å². The molecule has 2 N–H and O–H groups in total. The van der Waals surface area contributed by atoms with Crippen molar-refractivity contribution in [2.45, 2.75) is 45.3 Å². The number of piperidine rings is 1. The summed E-state index contributed by atoms with van der Waals surface area (Å²) < 4.78 is 11.3. The van der Waals surface area contributed by atoms with Gasteiger partial charge in [0.1, 0.15) is 23.3 Å². The number of nitrogens with two attached hydrogens (primary N) is 1. The van der Waals surface area contributed by atoms with Gasteiger partial charge in [-0.1, -0.05) is 0 Å². The van der Waals surface area contributed by atoms with Crippen LogP contribution in [0.15, 0.2) is 18.3 Å². The van der Waals surface area contributed by atoms with Gasteiger partial charge >= 0.3 is 6.09 Å². The van der Waals surface area contributed by atoms with Crippen LogP contribution >= 0.6 is 0 Å². The molecule has 6 nitrogen and oxygen atoms in total. The Labute approximate surface area is 125 Å². The Morgan fingerprint density at radius 2 is 2.24 bits per heavy atom. The van der Waals surface area contributed by atoms with Crippen LogP contribution in [0.25, 0.3) is 0 Å². The normalized spacial score (nSPS) is 19.2. The molecule has 0 spiro atoms. The Bertz CT molecular complexity index is 499. The fourth-order valence-corrected chi connectivity index (χ4v) is 2.22. The second-order valence-electron chi connectivity index (χ2n) is 6.22. The molecule has 1 aromatic rings. The maximum Gasteiger partial charge on any atom is 0.410 e. The second kappa shape index (κ2) is 6.20. The maximum atomic E-state index is 12.1. The van der Waals surface area contributed by atoms with Gasteiger partial charge in [0.05, 0.1) is 6.54 Å². The van der Waals surface area contributed by atoms with Crippen molar-refractivity contribution in [2.75, 3.05) is 18.8 Å². The minimum atomic E-state index is -0.482. The molecule has 2 rings (SSSR count). The molecule has 1 aliphatic heterocycles. The molecule has 0 radical (unpaired) electrons. The summed E-state index contributed by atoms with van der Waals surface area (Å²) in [4.78, 5) is 17.7. The maximum absolute atomic E-state index is 12.1. The van der Waals surface area contributed by atoms with Crippen molar-refractivity contribution in [2.24, 2.45) is 0 Å². The van der Waals surface area contributed by atoms with E-state index >= 15 is 0 Å². The number of nitrogens with zero attached hydrogens (tertiary/aromatic N) is 2. The smallest absolute Gasteiger partial charge is 0.410 e. The van der Waals surface area contributed by atoms with Gasteiger partial charge in [0.2, 0.25) is 0 Å². The van der Waals surface area contributed by atoms with Crippen molar-refractivity contribution in [1.29, 1.82) is 0 Å². The topological polar surface area (TPSA) is 77.7 Å². The Kier molecular flexibility index (Phi) is 4.55. The van der Waals surface area contributed by atoms with Gasteiger partial charge in [0, 0.05) is 18.8 Å². The van der Waals surface area contributed by atoms with E-state index in [9.17, 15) is 4.79 Å². The quantitative estimate of drug-likeness (QED) is 0.906. The monoisotopic (exact) mass is 293 g/mol. The van der Waals surface area contributed by atoms with Gasteiger partial charge in [-0.3, -0.25) is 0 Å². The van der Waals surface area contributed by atoms with Crippen molar-refractivity contribution < 1.29 is 14.3 Å². The summed E-state index contributed by atoms with van der Waals surface area (Å²) in [7, 11) is 0. The molecule has 6 heteroatoms. The van der Waals surface area contributed by atoms with E-state index in [-0.39, 0.29) is 12.2 Å². The molecule has 0 bridgehead atoms. The van der Waals surface area contributed by atoms with E-state index in [1.165, 1.54) is 0 Å². The van der Waals surface area contributed by atoms with Gasteiger partial charge in [-0.15, -0.1) is 0 Å². The Morgan fingerprint density at radius 3 is 2.90 bits per heavy atom. The van der Waals surface area contributed by atoms with Gasteiger partial charge in [-0.2, -0.15) is 0 Å². The molecule has 1 unspecified atom stereocenters. The molecular formula is C15H23N3O3. The molecule has 1 fully saturated rings. The predicted octanol–water partition coefficient (Wildman–Crippen LogP) is 2.44. The third-order valence-corrected chi connectivity index (χ3v) is 3.09. The van der Waals surface area contributed by atoms with Crippen molar-refractivity contribution >= 4 is 11.9 Å². The van der Waals surface area contributed by atoms with E-state index < -0.39 is 5.60 Å². The molecule has 2 heterocycles.